The number of alkyl halides is 1. The van der Waals surface area contributed by atoms with E-state index in [2.05, 4.69) is 29.8 Å². The van der Waals surface area contributed by atoms with Crippen molar-refractivity contribution in [2.45, 2.75) is 42.8 Å². The molecule has 0 amide bonds. The average molecular weight is 319 g/mol. The molecular weight excluding hydrogens is 300 g/mol. The van der Waals surface area contributed by atoms with Gasteiger partial charge in [-0.05, 0) is 30.0 Å². The minimum atomic E-state index is -3.08. The van der Waals surface area contributed by atoms with Crippen LogP contribution in [0.25, 0.3) is 0 Å². The molecule has 0 radical (unpaired) electrons. The van der Waals surface area contributed by atoms with Crippen LogP contribution in [0, 0.1) is 0 Å². The molecular formula is C13H19BrO2S. The summed E-state index contributed by atoms with van der Waals surface area (Å²) >= 11 is 3.59. The highest BCUT2D eigenvalue weighted by Crippen LogP contribution is 2.28. The number of sulfone groups is 1. The van der Waals surface area contributed by atoms with Gasteiger partial charge in [0, 0.05) is 4.83 Å². The van der Waals surface area contributed by atoms with E-state index in [1.165, 1.54) is 5.56 Å². The summed E-state index contributed by atoms with van der Waals surface area (Å²) in [7, 11) is -3.08. The van der Waals surface area contributed by atoms with Crippen molar-refractivity contribution in [3.05, 3.63) is 29.8 Å². The third-order valence-corrected chi connectivity index (χ3v) is 5.43. The average Bonchev–Trinajstić information content (AvgIpc) is 2.30. The Morgan fingerprint density at radius 2 is 1.71 bits per heavy atom. The van der Waals surface area contributed by atoms with Gasteiger partial charge in [-0.25, -0.2) is 8.42 Å². The molecule has 2 atom stereocenters. The van der Waals surface area contributed by atoms with Gasteiger partial charge in [-0.3, -0.25) is 0 Å². The Kier molecular flexibility index (Phi) is 5.20. The summed E-state index contributed by atoms with van der Waals surface area (Å²) in [6, 6.07) is 7.28. The summed E-state index contributed by atoms with van der Waals surface area (Å²) in [6.45, 7) is 5.92. The van der Waals surface area contributed by atoms with Crippen LogP contribution in [-0.2, 0) is 9.84 Å². The zero-order valence-corrected chi connectivity index (χ0v) is 12.9. The van der Waals surface area contributed by atoms with E-state index in [0.717, 1.165) is 6.42 Å². The molecule has 0 spiro atoms. The van der Waals surface area contributed by atoms with Gasteiger partial charge in [0.05, 0.1) is 10.6 Å². The molecule has 0 saturated heterocycles. The van der Waals surface area contributed by atoms with Gasteiger partial charge in [-0.2, -0.15) is 0 Å². The van der Waals surface area contributed by atoms with Crippen molar-refractivity contribution in [1.29, 1.82) is 0 Å². The Hall–Kier alpha value is -0.350. The second-order valence-corrected chi connectivity index (χ2v) is 7.89. The van der Waals surface area contributed by atoms with Gasteiger partial charge in [-0.1, -0.05) is 48.8 Å². The van der Waals surface area contributed by atoms with E-state index in [1.807, 2.05) is 12.1 Å². The van der Waals surface area contributed by atoms with Crippen LogP contribution in [0.1, 0.15) is 38.7 Å². The first-order valence-corrected chi connectivity index (χ1v) is 8.46. The summed E-state index contributed by atoms with van der Waals surface area (Å²) in [4.78, 5) is 0.807. The maximum Gasteiger partial charge on any atom is 0.178 e. The Morgan fingerprint density at radius 1 is 1.18 bits per heavy atom. The van der Waals surface area contributed by atoms with E-state index in [-0.39, 0.29) is 5.75 Å². The molecule has 0 bridgehead atoms. The number of hydrogen-bond donors (Lipinski definition) is 0. The van der Waals surface area contributed by atoms with E-state index < -0.39 is 9.84 Å². The number of rotatable bonds is 5. The van der Waals surface area contributed by atoms with Gasteiger partial charge in [-0.15, -0.1) is 0 Å². The van der Waals surface area contributed by atoms with Gasteiger partial charge in [0.25, 0.3) is 0 Å². The zero-order chi connectivity index (χ0) is 13.1. The van der Waals surface area contributed by atoms with Crippen LogP contribution >= 0.6 is 15.9 Å². The van der Waals surface area contributed by atoms with Crippen molar-refractivity contribution in [3.63, 3.8) is 0 Å². The second kappa shape index (κ2) is 6.01. The van der Waals surface area contributed by atoms with Crippen molar-refractivity contribution in [3.8, 4) is 0 Å². The molecule has 0 aliphatic carbocycles. The zero-order valence-electron chi connectivity index (χ0n) is 10.5. The number of halogens is 1. The minimum absolute atomic E-state index is 0.151. The van der Waals surface area contributed by atoms with E-state index in [0.29, 0.717) is 15.6 Å². The van der Waals surface area contributed by atoms with Gasteiger partial charge in [0.15, 0.2) is 9.84 Å². The number of benzene rings is 1. The first-order chi connectivity index (χ1) is 7.92. The molecule has 0 N–H and O–H groups in total. The predicted molar refractivity (Wildman–Crippen MR) is 75.6 cm³/mol. The van der Waals surface area contributed by atoms with Crippen molar-refractivity contribution in [2.24, 2.45) is 0 Å². The molecule has 2 unspecified atom stereocenters. The highest BCUT2D eigenvalue weighted by atomic mass is 79.9. The van der Waals surface area contributed by atoms with Crippen LogP contribution in [0.4, 0.5) is 0 Å². The Labute approximate surface area is 112 Å². The topological polar surface area (TPSA) is 34.1 Å². The van der Waals surface area contributed by atoms with Crippen LogP contribution in [0.3, 0.4) is 0 Å². The molecule has 0 heterocycles. The fraction of sp³-hybridized carbons (Fsp3) is 0.538. The standard InChI is InChI=1S/C13H19BrO2S/c1-4-13(10(3)14)11-6-8-12(9-7-11)17(15,16)5-2/h6-10,13H,4-5H2,1-3H3. The largest absolute Gasteiger partial charge is 0.224 e. The first kappa shape index (κ1) is 14.7. The molecule has 1 rings (SSSR count). The Balaban J connectivity index is 3.03. The van der Waals surface area contributed by atoms with Gasteiger partial charge < -0.3 is 0 Å². The molecule has 2 nitrogen and oxygen atoms in total. The molecule has 4 heteroatoms. The SMILES string of the molecule is CCC(c1ccc(S(=O)(=O)CC)cc1)C(C)Br. The van der Waals surface area contributed by atoms with Crippen molar-refractivity contribution < 1.29 is 8.42 Å². The fourth-order valence-corrected chi connectivity index (χ4v) is 3.48. The maximum absolute atomic E-state index is 11.7. The molecule has 1 aromatic rings. The van der Waals surface area contributed by atoms with E-state index >= 15 is 0 Å². The summed E-state index contributed by atoms with van der Waals surface area (Å²) in [5.41, 5.74) is 1.19. The minimum Gasteiger partial charge on any atom is -0.224 e. The van der Waals surface area contributed by atoms with Crippen molar-refractivity contribution in [1.82, 2.24) is 0 Å². The summed E-state index contributed by atoms with van der Waals surface area (Å²) in [6.07, 6.45) is 1.03. The summed E-state index contributed by atoms with van der Waals surface area (Å²) in [5, 5.41) is 0. The van der Waals surface area contributed by atoms with Crippen LogP contribution in [-0.4, -0.2) is 19.0 Å². The van der Waals surface area contributed by atoms with Gasteiger partial charge in [0.2, 0.25) is 0 Å². The summed E-state index contributed by atoms with van der Waals surface area (Å²) in [5.74, 6) is 0.576. The van der Waals surface area contributed by atoms with Crippen LogP contribution < -0.4 is 0 Å². The molecule has 0 fully saturated rings. The third-order valence-electron chi connectivity index (χ3n) is 3.04. The van der Waals surface area contributed by atoms with Crippen molar-refractivity contribution in [2.75, 3.05) is 5.75 Å². The van der Waals surface area contributed by atoms with Crippen LogP contribution in [0.2, 0.25) is 0 Å². The first-order valence-electron chi connectivity index (χ1n) is 5.89. The molecule has 0 aromatic heterocycles. The lowest BCUT2D eigenvalue weighted by Crippen LogP contribution is -2.09. The number of hydrogen-bond acceptors (Lipinski definition) is 2. The lowest BCUT2D eigenvalue weighted by Gasteiger charge is -2.18. The van der Waals surface area contributed by atoms with Gasteiger partial charge in [0.1, 0.15) is 0 Å². The van der Waals surface area contributed by atoms with Crippen LogP contribution in [0.5, 0.6) is 0 Å². The smallest absolute Gasteiger partial charge is 0.178 e. The highest BCUT2D eigenvalue weighted by Gasteiger charge is 2.16. The lowest BCUT2D eigenvalue weighted by molar-refractivity contribution is 0.597. The van der Waals surface area contributed by atoms with Crippen LogP contribution in [0.15, 0.2) is 29.2 Å². The quantitative estimate of drug-likeness (QED) is 0.775. The van der Waals surface area contributed by atoms with Crippen molar-refractivity contribution >= 4 is 25.8 Å². The van der Waals surface area contributed by atoms with E-state index in [4.69, 9.17) is 0 Å². The predicted octanol–water partition coefficient (Wildman–Crippen LogP) is 3.76. The fourth-order valence-electron chi connectivity index (χ4n) is 1.91. The highest BCUT2D eigenvalue weighted by molar-refractivity contribution is 9.09. The summed E-state index contributed by atoms with van der Waals surface area (Å²) < 4.78 is 23.4. The molecule has 0 aliphatic heterocycles. The van der Waals surface area contributed by atoms with Gasteiger partial charge >= 0.3 is 0 Å². The molecule has 0 saturated carbocycles. The third kappa shape index (κ3) is 3.55. The Bertz CT molecular complexity index is 449. The normalized spacial score (nSPS) is 15.5. The Morgan fingerprint density at radius 3 is 2.06 bits per heavy atom. The molecule has 1 aromatic carbocycles. The molecule has 96 valence electrons. The maximum atomic E-state index is 11.7. The lowest BCUT2D eigenvalue weighted by atomic mass is 9.94. The second-order valence-electron chi connectivity index (χ2n) is 4.16. The molecule has 0 aliphatic rings. The monoisotopic (exact) mass is 318 g/mol. The van der Waals surface area contributed by atoms with E-state index in [1.54, 1.807) is 19.1 Å². The van der Waals surface area contributed by atoms with E-state index in [9.17, 15) is 8.42 Å². The molecule has 17 heavy (non-hydrogen) atoms.